The molecule has 0 atom stereocenters. The smallest absolute Gasteiger partial charge is 0.253 e. The van der Waals surface area contributed by atoms with Gasteiger partial charge in [0, 0.05) is 12.5 Å². The first kappa shape index (κ1) is 17.2. The van der Waals surface area contributed by atoms with Gasteiger partial charge in [0.05, 0.1) is 11.3 Å². The molecule has 25 heavy (non-hydrogen) atoms. The highest BCUT2D eigenvalue weighted by atomic mass is 16.2. The van der Waals surface area contributed by atoms with Gasteiger partial charge in [-0.05, 0) is 37.0 Å². The normalized spacial score (nSPS) is 14.2. The third-order valence-corrected chi connectivity index (χ3v) is 4.62. The van der Waals surface area contributed by atoms with E-state index in [2.05, 4.69) is 10.6 Å². The van der Waals surface area contributed by atoms with Gasteiger partial charge in [0.1, 0.15) is 0 Å². The van der Waals surface area contributed by atoms with Gasteiger partial charge in [-0.3, -0.25) is 9.59 Å². The van der Waals surface area contributed by atoms with Crippen molar-refractivity contribution in [2.45, 2.75) is 44.6 Å². The summed E-state index contributed by atoms with van der Waals surface area (Å²) in [7, 11) is 0. The Balaban J connectivity index is 1.59. The zero-order valence-electron chi connectivity index (χ0n) is 14.3. The van der Waals surface area contributed by atoms with E-state index in [-0.39, 0.29) is 17.9 Å². The molecule has 0 spiro atoms. The quantitative estimate of drug-likeness (QED) is 0.840. The van der Waals surface area contributed by atoms with Crippen LogP contribution in [0.3, 0.4) is 0 Å². The molecule has 0 heterocycles. The molecular formula is C21H24N2O2. The zero-order valence-corrected chi connectivity index (χ0v) is 14.3. The van der Waals surface area contributed by atoms with E-state index in [0.717, 1.165) is 18.4 Å². The Morgan fingerprint density at radius 3 is 2.36 bits per heavy atom. The predicted octanol–water partition coefficient (Wildman–Crippen LogP) is 3.93. The van der Waals surface area contributed by atoms with Gasteiger partial charge in [-0.2, -0.15) is 0 Å². The second-order valence-electron chi connectivity index (χ2n) is 6.53. The topological polar surface area (TPSA) is 58.2 Å². The number of hydrogen-bond acceptors (Lipinski definition) is 2. The molecule has 0 radical (unpaired) electrons. The van der Waals surface area contributed by atoms with Crippen LogP contribution in [0.1, 0.15) is 48.0 Å². The van der Waals surface area contributed by atoms with Crippen LogP contribution in [-0.2, 0) is 11.2 Å². The molecule has 2 aromatic rings. The summed E-state index contributed by atoms with van der Waals surface area (Å²) in [6.45, 7) is 0. The summed E-state index contributed by atoms with van der Waals surface area (Å²) in [5.41, 5.74) is 2.24. The van der Waals surface area contributed by atoms with Crippen molar-refractivity contribution in [2.24, 2.45) is 0 Å². The fourth-order valence-corrected chi connectivity index (χ4v) is 3.24. The Hall–Kier alpha value is -2.62. The molecule has 0 aromatic heterocycles. The van der Waals surface area contributed by atoms with E-state index in [4.69, 9.17) is 0 Å². The van der Waals surface area contributed by atoms with Crippen molar-refractivity contribution in [3.63, 3.8) is 0 Å². The van der Waals surface area contributed by atoms with Gasteiger partial charge in [0.2, 0.25) is 5.91 Å². The molecule has 0 saturated heterocycles. The summed E-state index contributed by atoms with van der Waals surface area (Å²) in [6.07, 6.45) is 5.49. The minimum atomic E-state index is -0.106. The first-order valence-electron chi connectivity index (χ1n) is 8.96. The van der Waals surface area contributed by atoms with E-state index < -0.39 is 0 Å². The van der Waals surface area contributed by atoms with Crippen LogP contribution in [0.25, 0.3) is 0 Å². The van der Waals surface area contributed by atoms with Gasteiger partial charge in [-0.1, -0.05) is 55.3 Å². The SMILES string of the molecule is O=C(CCc1ccccc1)Nc1ccccc1C(=O)NC1CCCC1. The number of carbonyl (C=O) groups excluding carboxylic acids is 2. The highest BCUT2D eigenvalue weighted by Crippen LogP contribution is 2.20. The average molecular weight is 336 g/mol. The first-order valence-corrected chi connectivity index (χ1v) is 8.96. The Labute approximate surface area is 148 Å². The first-order chi connectivity index (χ1) is 12.2. The van der Waals surface area contributed by atoms with Crippen LogP contribution < -0.4 is 10.6 Å². The number of benzene rings is 2. The summed E-state index contributed by atoms with van der Waals surface area (Å²) >= 11 is 0. The van der Waals surface area contributed by atoms with Crippen molar-refractivity contribution < 1.29 is 9.59 Å². The van der Waals surface area contributed by atoms with Crippen molar-refractivity contribution in [3.05, 3.63) is 65.7 Å². The predicted molar refractivity (Wildman–Crippen MR) is 99.6 cm³/mol. The van der Waals surface area contributed by atoms with Crippen LogP contribution in [0.2, 0.25) is 0 Å². The molecule has 1 saturated carbocycles. The van der Waals surface area contributed by atoms with E-state index >= 15 is 0 Å². The number of nitrogens with one attached hydrogen (secondary N) is 2. The summed E-state index contributed by atoms with van der Waals surface area (Å²) < 4.78 is 0. The molecular weight excluding hydrogens is 312 g/mol. The van der Waals surface area contributed by atoms with Crippen molar-refractivity contribution in [1.82, 2.24) is 5.32 Å². The second kappa shape index (κ2) is 8.47. The minimum absolute atomic E-state index is 0.0787. The molecule has 1 aliphatic carbocycles. The van der Waals surface area contributed by atoms with Gasteiger partial charge in [-0.15, -0.1) is 0 Å². The molecule has 2 amide bonds. The second-order valence-corrected chi connectivity index (χ2v) is 6.53. The van der Waals surface area contributed by atoms with E-state index in [0.29, 0.717) is 24.1 Å². The molecule has 4 heteroatoms. The summed E-state index contributed by atoms with van der Waals surface area (Å²) in [4.78, 5) is 24.8. The van der Waals surface area contributed by atoms with Crippen molar-refractivity contribution in [3.8, 4) is 0 Å². The molecule has 0 unspecified atom stereocenters. The fourth-order valence-electron chi connectivity index (χ4n) is 3.24. The molecule has 1 fully saturated rings. The maximum absolute atomic E-state index is 12.5. The summed E-state index contributed by atoms with van der Waals surface area (Å²) in [5.74, 6) is -0.184. The van der Waals surface area contributed by atoms with Gasteiger partial charge in [-0.25, -0.2) is 0 Å². The standard InChI is InChI=1S/C21H24N2O2/c24-20(15-14-16-8-2-1-3-9-16)23-19-13-7-6-12-18(19)21(25)22-17-10-4-5-11-17/h1-3,6-9,12-13,17H,4-5,10-11,14-15H2,(H,22,25)(H,23,24). The lowest BCUT2D eigenvalue weighted by Crippen LogP contribution is -2.33. The molecule has 0 bridgehead atoms. The van der Waals surface area contributed by atoms with E-state index in [1.807, 2.05) is 42.5 Å². The lowest BCUT2D eigenvalue weighted by molar-refractivity contribution is -0.116. The van der Waals surface area contributed by atoms with E-state index in [1.165, 1.54) is 12.8 Å². The third-order valence-electron chi connectivity index (χ3n) is 4.62. The van der Waals surface area contributed by atoms with Crippen LogP contribution in [0, 0.1) is 0 Å². The molecule has 4 nitrogen and oxygen atoms in total. The van der Waals surface area contributed by atoms with Crippen LogP contribution in [-0.4, -0.2) is 17.9 Å². The number of hydrogen-bond donors (Lipinski definition) is 2. The Morgan fingerprint density at radius 1 is 0.920 bits per heavy atom. The third kappa shape index (κ3) is 4.92. The molecule has 3 rings (SSSR count). The molecule has 2 aromatic carbocycles. The number of aryl methyl sites for hydroxylation is 1. The van der Waals surface area contributed by atoms with E-state index in [1.54, 1.807) is 12.1 Å². The largest absolute Gasteiger partial charge is 0.349 e. The van der Waals surface area contributed by atoms with Crippen LogP contribution in [0.5, 0.6) is 0 Å². The Kier molecular flexibility index (Phi) is 5.83. The van der Waals surface area contributed by atoms with Gasteiger partial charge in [0.25, 0.3) is 5.91 Å². The highest BCUT2D eigenvalue weighted by Gasteiger charge is 2.20. The Morgan fingerprint density at radius 2 is 1.60 bits per heavy atom. The number of para-hydroxylation sites is 1. The molecule has 1 aliphatic rings. The monoisotopic (exact) mass is 336 g/mol. The summed E-state index contributed by atoms with van der Waals surface area (Å²) in [5, 5.41) is 5.96. The maximum Gasteiger partial charge on any atom is 0.253 e. The van der Waals surface area contributed by atoms with Gasteiger partial charge < -0.3 is 10.6 Å². The summed E-state index contributed by atoms with van der Waals surface area (Å²) in [6, 6.07) is 17.4. The van der Waals surface area contributed by atoms with Gasteiger partial charge >= 0.3 is 0 Å². The zero-order chi connectivity index (χ0) is 17.5. The number of carbonyl (C=O) groups is 2. The minimum Gasteiger partial charge on any atom is -0.349 e. The molecule has 130 valence electrons. The van der Waals surface area contributed by atoms with Crippen LogP contribution in [0.4, 0.5) is 5.69 Å². The van der Waals surface area contributed by atoms with Crippen molar-refractivity contribution in [2.75, 3.05) is 5.32 Å². The number of rotatable bonds is 6. The molecule has 2 N–H and O–H groups in total. The van der Waals surface area contributed by atoms with Crippen molar-refractivity contribution in [1.29, 1.82) is 0 Å². The number of amides is 2. The lowest BCUT2D eigenvalue weighted by Gasteiger charge is -2.15. The molecule has 0 aliphatic heterocycles. The van der Waals surface area contributed by atoms with E-state index in [9.17, 15) is 9.59 Å². The highest BCUT2D eigenvalue weighted by molar-refractivity contribution is 6.03. The maximum atomic E-state index is 12.5. The number of anilines is 1. The average Bonchev–Trinajstić information content (AvgIpc) is 3.14. The van der Waals surface area contributed by atoms with Crippen LogP contribution in [0.15, 0.2) is 54.6 Å². The van der Waals surface area contributed by atoms with Gasteiger partial charge in [0.15, 0.2) is 0 Å². The van der Waals surface area contributed by atoms with Crippen molar-refractivity contribution >= 4 is 17.5 Å². The Bertz CT molecular complexity index is 722. The lowest BCUT2D eigenvalue weighted by atomic mass is 10.1. The van der Waals surface area contributed by atoms with Crippen LogP contribution >= 0.6 is 0 Å². The fraction of sp³-hybridized carbons (Fsp3) is 0.333.